The van der Waals surface area contributed by atoms with Gasteiger partial charge in [0, 0.05) is 44.8 Å². The van der Waals surface area contributed by atoms with Gasteiger partial charge in [0.05, 0.1) is 23.3 Å². The standard InChI is InChI=1S/C48H30N8.Cu/c1-2-10-26-18-34-33(17-25(26)9-1)41-49-42(34)54-44-37-21-29-13-5-6-14-30(29)22-38(37)46(51-44)56-48-40-24-32-16-8-7-15-31(32)23-39(40)47(52-48)55-45-36-20-28-12-4-3-11-27(28)19-35(36)43(50-45)53-41;/h1-24,49,52-56H;/q-2;+2. The van der Waals surface area contributed by atoms with E-state index in [9.17, 15) is 0 Å². The number of nitrogens with one attached hydrogen (secondary N) is 6. The topological polar surface area (TPSA) is 108 Å². The number of aromatic amines is 2. The van der Waals surface area contributed by atoms with Gasteiger partial charge in [0.25, 0.3) is 0 Å². The van der Waals surface area contributed by atoms with E-state index < -0.39 is 0 Å². The number of fused-ring (bicyclic) bond motifs is 24. The van der Waals surface area contributed by atoms with Crippen LogP contribution in [-0.2, 0) is 17.1 Å². The number of hydrogen-bond donors (Lipinski definition) is 6. The fourth-order valence-electron chi connectivity index (χ4n) is 8.81. The minimum absolute atomic E-state index is 0. The Morgan fingerprint density at radius 3 is 0.667 bits per heavy atom. The summed E-state index contributed by atoms with van der Waals surface area (Å²) in [6.45, 7) is 0. The molecule has 57 heavy (non-hydrogen) atoms. The zero-order chi connectivity index (χ0) is 36.5. The monoisotopic (exact) mass is 781 g/mol. The first-order chi connectivity index (χ1) is 27.7. The number of anilines is 8. The van der Waals surface area contributed by atoms with Crippen LogP contribution in [0.25, 0.3) is 86.2 Å². The van der Waals surface area contributed by atoms with E-state index in [1.165, 1.54) is 0 Å². The largest absolute Gasteiger partial charge is 2.00 e. The van der Waals surface area contributed by atoms with Gasteiger partial charge in [-0.25, -0.2) is 0 Å². The van der Waals surface area contributed by atoms with Gasteiger partial charge in [0.1, 0.15) is 0 Å². The predicted molar refractivity (Wildman–Crippen MR) is 234 cm³/mol. The normalized spacial score (nSPS) is 12.6. The van der Waals surface area contributed by atoms with Crippen LogP contribution < -0.4 is 31.2 Å². The number of aromatic nitrogens is 4. The van der Waals surface area contributed by atoms with Gasteiger partial charge in [-0.2, -0.15) is 0 Å². The van der Waals surface area contributed by atoms with Crippen LogP contribution in [0.3, 0.4) is 0 Å². The minimum atomic E-state index is 0. The Kier molecular flexibility index (Phi) is 6.64. The summed E-state index contributed by atoms with van der Waals surface area (Å²) in [5.41, 5.74) is 0. The second-order valence-corrected chi connectivity index (χ2v) is 14.8. The summed E-state index contributed by atoms with van der Waals surface area (Å²) < 4.78 is 0. The molecule has 9 heteroatoms. The molecule has 273 valence electrons. The van der Waals surface area contributed by atoms with Crippen molar-refractivity contribution in [3.8, 4) is 0 Å². The van der Waals surface area contributed by atoms with Crippen molar-refractivity contribution < 1.29 is 17.1 Å². The van der Waals surface area contributed by atoms with Gasteiger partial charge < -0.3 is 41.2 Å². The minimum Gasteiger partial charge on any atom is -0.400 e. The third kappa shape index (κ3) is 4.80. The molecule has 1 aliphatic heterocycles. The van der Waals surface area contributed by atoms with E-state index in [2.05, 4.69) is 177 Å². The second kappa shape index (κ2) is 11.8. The van der Waals surface area contributed by atoms with Crippen molar-refractivity contribution >= 4 is 133 Å². The van der Waals surface area contributed by atoms with E-state index >= 15 is 0 Å². The molecule has 4 aromatic heterocycles. The Hall–Kier alpha value is -7.32. The van der Waals surface area contributed by atoms with Crippen molar-refractivity contribution in [2.75, 3.05) is 21.3 Å². The molecule has 6 N–H and O–H groups in total. The summed E-state index contributed by atoms with van der Waals surface area (Å²) in [4.78, 5) is 18.1. The summed E-state index contributed by atoms with van der Waals surface area (Å²) in [6, 6.07) is 51.8. The zero-order valence-corrected chi connectivity index (χ0v) is 31.0. The Morgan fingerprint density at radius 2 is 0.456 bits per heavy atom. The molecule has 8 bridgehead atoms. The summed E-state index contributed by atoms with van der Waals surface area (Å²) in [5, 5.41) is 32.6. The van der Waals surface area contributed by atoms with E-state index in [-0.39, 0.29) is 17.1 Å². The predicted octanol–water partition coefficient (Wildman–Crippen LogP) is 12.8. The van der Waals surface area contributed by atoms with E-state index in [4.69, 9.17) is 9.97 Å². The average molecular weight is 782 g/mol. The summed E-state index contributed by atoms with van der Waals surface area (Å²) in [6.07, 6.45) is 0. The molecule has 8 nitrogen and oxygen atoms in total. The van der Waals surface area contributed by atoms with Crippen molar-refractivity contribution in [2.45, 2.75) is 0 Å². The first-order valence-corrected chi connectivity index (χ1v) is 18.8. The summed E-state index contributed by atoms with van der Waals surface area (Å²) in [5.74, 6) is 6.41. The molecule has 0 saturated heterocycles. The maximum absolute atomic E-state index is 5.32. The van der Waals surface area contributed by atoms with E-state index in [0.29, 0.717) is 0 Å². The van der Waals surface area contributed by atoms with Crippen molar-refractivity contribution in [3.63, 3.8) is 0 Å². The van der Waals surface area contributed by atoms with Crippen molar-refractivity contribution in [3.05, 3.63) is 146 Å². The number of rotatable bonds is 0. The smallest absolute Gasteiger partial charge is 0.400 e. The molecule has 0 fully saturated rings. The van der Waals surface area contributed by atoms with Gasteiger partial charge in [-0.1, -0.05) is 97.1 Å². The Labute approximate surface area is 335 Å². The Morgan fingerprint density at radius 1 is 0.263 bits per heavy atom. The van der Waals surface area contributed by atoms with Crippen LogP contribution in [0.4, 0.5) is 46.5 Å². The van der Waals surface area contributed by atoms with Crippen LogP contribution in [0.15, 0.2) is 146 Å². The summed E-state index contributed by atoms with van der Waals surface area (Å²) >= 11 is 0. The summed E-state index contributed by atoms with van der Waals surface area (Å²) in [7, 11) is 0. The van der Waals surface area contributed by atoms with Crippen LogP contribution >= 0.6 is 0 Å². The second-order valence-electron chi connectivity index (χ2n) is 14.8. The molecule has 1 radical (unpaired) electrons. The molecule has 5 heterocycles. The van der Waals surface area contributed by atoms with E-state index in [1.807, 2.05) is 0 Å². The van der Waals surface area contributed by atoms with E-state index in [1.54, 1.807) is 0 Å². The van der Waals surface area contributed by atoms with E-state index in [0.717, 1.165) is 133 Å². The van der Waals surface area contributed by atoms with Gasteiger partial charge in [0.2, 0.25) is 0 Å². The van der Waals surface area contributed by atoms with Crippen molar-refractivity contribution in [1.82, 2.24) is 19.9 Å². The number of H-pyrrole nitrogens is 2. The van der Waals surface area contributed by atoms with Gasteiger partial charge in [-0.05, 0) is 113 Å². The van der Waals surface area contributed by atoms with Crippen LogP contribution in [0, 0.1) is 0 Å². The quantitative estimate of drug-likeness (QED) is 0.0856. The third-order valence-electron chi connectivity index (χ3n) is 11.6. The molecule has 0 amide bonds. The average Bonchev–Trinajstić information content (AvgIpc) is 3.95. The molecule has 13 rings (SSSR count). The Balaban J connectivity index is 0.00000356. The third-order valence-corrected chi connectivity index (χ3v) is 11.6. The maximum Gasteiger partial charge on any atom is 2.00 e. The molecule has 0 spiro atoms. The molecule has 0 atom stereocenters. The fraction of sp³-hybridized carbons (Fsp3) is 0. The molecule has 12 aromatic rings. The van der Waals surface area contributed by atoms with Crippen LogP contribution in [0.1, 0.15) is 0 Å². The van der Waals surface area contributed by atoms with Crippen LogP contribution in [-0.4, -0.2) is 9.97 Å². The van der Waals surface area contributed by atoms with Crippen LogP contribution in [0.5, 0.6) is 0 Å². The zero-order valence-electron chi connectivity index (χ0n) is 30.1. The molecule has 0 saturated carbocycles. The molecular weight excluding hydrogens is 752 g/mol. The molecule has 8 aromatic carbocycles. The van der Waals surface area contributed by atoms with Gasteiger partial charge in [-0.3, -0.25) is 0 Å². The number of nitrogens with zero attached hydrogens (tertiary/aromatic N) is 2. The molecule has 0 aliphatic carbocycles. The number of hydrogen-bond acceptors (Lipinski definition) is 4. The first kappa shape index (κ1) is 32.0. The van der Waals surface area contributed by atoms with Gasteiger partial charge in [0.15, 0.2) is 0 Å². The fourth-order valence-corrected chi connectivity index (χ4v) is 8.81. The van der Waals surface area contributed by atoms with Gasteiger partial charge in [-0.15, -0.1) is 0 Å². The van der Waals surface area contributed by atoms with Gasteiger partial charge >= 0.3 is 17.1 Å². The van der Waals surface area contributed by atoms with Crippen molar-refractivity contribution in [2.24, 2.45) is 0 Å². The Bertz CT molecular complexity index is 2920. The first-order valence-electron chi connectivity index (χ1n) is 18.8. The molecule has 0 unspecified atom stereocenters. The number of benzene rings is 8. The molecule has 1 aliphatic rings. The SMILES string of the molecule is [Cu+2].c1ccc2cc3c4[n-]c(c3cc2c1)Nc1[nH]c(c2cc3ccccc3cc12)Nc1[n-]c(c2cc3ccccc3cc12)Nc1[nH]c(c2cc3ccccc3cc12)N4. The molecular formula is C48H30CuN8. The van der Waals surface area contributed by atoms with Crippen LogP contribution in [0.2, 0.25) is 0 Å². The van der Waals surface area contributed by atoms with Crippen molar-refractivity contribution in [1.29, 1.82) is 0 Å². The maximum atomic E-state index is 5.32.